The molecule has 3 rings (SSSR count). The summed E-state index contributed by atoms with van der Waals surface area (Å²) in [6.45, 7) is 2.01. The van der Waals surface area contributed by atoms with Gasteiger partial charge in [0.1, 0.15) is 5.82 Å². The van der Waals surface area contributed by atoms with Crippen LogP contribution >= 0.6 is 12.4 Å². The molecule has 0 spiro atoms. The van der Waals surface area contributed by atoms with E-state index in [-0.39, 0.29) is 30.1 Å². The first kappa shape index (κ1) is 23.8. The molecule has 1 aliphatic rings. The second-order valence-corrected chi connectivity index (χ2v) is 7.67. The Kier molecular flexibility index (Phi) is 7.95. The van der Waals surface area contributed by atoms with Gasteiger partial charge < -0.3 is 15.5 Å². The average molecular weight is 443 g/mol. The topological polar surface area (TPSA) is 57.3 Å². The summed E-state index contributed by atoms with van der Waals surface area (Å²) in [5.41, 5.74) is 1.98. The maximum atomic E-state index is 13.3. The highest BCUT2D eigenvalue weighted by atomic mass is 35.5. The normalized spacial score (nSPS) is 18.3. The highest BCUT2D eigenvalue weighted by Gasteiger charge is 2.24. The number of halogens is 4. The van der Waals surface area contributed by atoms with Crippen LogP contribution in [-0.4, -0.2) is 37.1 Å². The first-order chi connectivity index (χ1) is 13.7. The third-order valence-corrected chi connectivity index (χ3v) is 5.22. The third kappa shape index (κ3) is 5.56. The molecule has 1 saturated carbocycles. The smallest absolute Gasteiger partial charge is 0.251 e. The Balaban J connectivity index is 0.00000320. The van der Waals surface area contributed by atoms with Gasteiger partial charge in [-0.15, -0.1) is 12.4 Å². The molecule has 0 atom stereocenters. The quantitative estimate of drug-likeness (QED) is 0.672. The lowest BCUT2D eigenvalue weighted by Gasteiger charge is -2.30. The Morgan fingerprint density at radius 2 is 1.60 bits per heavy atom. The van der Waals surface area contributed by atoms with E-state index in [9.17, 15) is 18.0 Å². The molecule has 0 aliphatic heterocycles. The molecule has 1 aromatic heterocycles. The number of carbonyl (C=O) groups is 1. The minimum absolute atomic E-state index is 0. The van der Waals surface area contributed by atoms with E-state index in [1.54, 1.807) is 0 Å². The van der Waals surface area contributed by atoms with Crippen LogP contribution in [0.1, 0.15) is 41.6 Å². The van der Waals surface area contributed by atoms with Gasteiger partial charge in [0.05, 0.1) is 0 Å². The summed E-state index contributed by atoms with van der Waals surface area (Å²) in [5.74, 6) is -4.11. The second kappa shape index (κ2) is 10.0. The lowest BCUT2D eigenvalue weighted by atomic mass is 9.91. The van der Waals surface area contributed by atoms with E-state index in [4.69, 9.17) is 0 Å². The van der Waals surface area contributed by atoms with E-state index in [1.165, 1.54) is 0 Å². The van der Waals surface area contributed by atoms with Gasteiger partial charge in [-0.1, -0.05) is 0 Å². The molecule has 0 unspecified atom stereocenters. The van der Waals surface area contributed by atoms with Crippen molar-refractivity contribution >= 4 is 29.8 Å². The number of pyridine rings is 1. The molecule has 5 nitrogen and oxygen atoms in total. The van der Waals surface area contributed by atoms with Crippen LogP contribution in [-0.2, 0) is 0 Å². The maximum Gasteiger partial charge on any atom is 0.251 e. The number of rotatable bonds is 5. The van der Waals surface area contributed by atoms with Gasteiger partial charge in [0.25, 0.3) is 5.91 Å². The van der Waals surface area contributed by atoms with Crippen LogP contribution in [0.15, 0.2) is 24.4 Å². The highest BCUT2D eigenvalue weighted by molar-refractivity contribution is 5.94. The molecule has 9 heteroatoms. The van der Waals surface area contributed by atoms with Crippen LogP contribution in [0, 0.1) is 24.4 Å². The zero-order chi connectivity index (χ0) is 21.1. The van der Waals surface area contributed by atoms with Gasteiger partial charge in [-0.3, -0.25) is 4.79 Å². The van der Waals surface area contributed by atoms with E-state index in [1.807, 2.05) is 38.2 Å². The predicted molar refractivity (Wildman–Crippen MR) is 114 cm³/mol. The number of aryl methyl sites for hydroxylation is 1. The zero-order valence-corrected chi connectivity index (χ0v) is 18.0. The van der Waals surface area contributed by atoms with Crippen LogP contribution in [0.4, 0.5) is 24.7 Å². The summed E-state index contributed by atoms with van der Waals surface area (Å²) in [6, 6.07) is 3.58. The molecule has 164 valence electrons. The molecule has 1 amide bonds. The van der Waals surface area contributed by atoms with Gasteiger partial charge in [0.15, 0.2) is 17.5 Å². The van der Waals surface area contributed by atoms with Gasteiger partial charge in [-0.05, 0) is 50.3 Å². The van der Waals surface area contributed by atoms with E-state index in [0.717, 1.165) is 42.8 Å². The number of carbonyl (C=O) groups excluding carboxylic acids is 1. The lowest BCUT2D eigenvalue weighted by Crippen LogP contribution is -2.40. The number of hydrogen-bond acceptors (Lipinski definition) is 4. The number of aromatic nitrogens is 1. The second-order valence-electron chi connectivity index (χ2n) is 7.67. The van der Waals surface area contributed by atoms with E-state index >= 15 is 0 Å². The summed E-state index contributed by atoms with van der Waals surface area (Å²) < 4.78 is 39.7. The highest BCUT2D eigenvalue weighted by Crippen LogP contribution is 2.25. The molecule has 0 bridgehead atoms. The third-order valence-electron chi connectivity index (χ3n) is 5.22. The van der Waals surface area contributed by atoms with Gasteiger partial charge in [-0.25, -0.2) is 18.2 Å². The van der Waals surface area contributed by atoms with Crippen molar-refractivity contribution in [3.8, 4) is 0 Å². The Labute approximate surface area is 180 Å². The van der Waals surface area contributed by atoms with Crippen molar-refractivity contribution < 1.29 is 18.0 Å². The Morgan fingerprint density at radius 3 is 2.17 bits per heavy atom. The summed E-state index contributed by atoms with van der Waals surface area (Å²) in [4.78, 5) is 18.7. The molecule has 1 fully saturated rings. The van der Waals surface area contributed by atoms with Crippen molar-refractivity contribution in [2.24, 2.45) is 0 Å². The monoisotopic (exact) mass is 442 g/mol. The van der Waals surface area contributed by atoms with Crippen LogP contribution in [0.25, 0.3) is 0 Å². The molecule has 30 heavy (non-hydrogen) atoms. The summed E-state index contributed by atoms with van der Waals surface area (Å²) >= 11 is 0. The van der Waals surface area contributed by atoms with Crippen LogP contribution < -0.4 is 15.5 Å². The van der Waals surface area contributed by atoms with Crippen LogP contribution in [0.5, 0.6) is 0 Å². The van der Waals surface area contributed by atoms with Crippen LogP contribution in [0.3, 0.4) is 0 Å². The molecule has 1 aliphatic carbocycles. The zero-order valence-electron chi connectivity index (χ0n) is 17.1. The lowest BCUT2D eigenvalue weighted by molar-refractivity contribution is 0.0925. The summed E-state index contributed by atoms with van der Waals surface area (Å²) in [5, 5.41) is 6.22. The molecular formula is C21H26ClF3N4O. The number of hydrogen-bond donors (Lipinski definition) is 2. The van der Waals surface area contributed by atoms with Crippen LogP contribution in [0.2, 0.25) is 0 Å². The Morgan fingerprint density at radius 1 is 1.03 bits per heavy atom. The number of amides is 1. The maximum absolute atomic E-state index is 13.3. The van der Waals surface area contributed by atoms with Crippen molar-refractivity contribution in [3.63, 3.8) is 0 Å². The van der Waals surface area contributed by atoms with Gasteiger partial charge in [0, 0.05) is 49.7 Å². The van der Waals surface area contributed by atoms with E-state index < -0.39 is 23.4 Å². The fourth-order valence-corrected chi connectivity index (χ4v) is 3.62. The minimum Gasteiger partial charge on any atom is -0.377 e. The van der Waals surface area contributed by atoms with Gasteiger partial charge in [0.2, 0.25) is 0 Å². The molecule has 1 heterocycles. The number of benzene rings is 1. The predicted octanol–water partition coefficient (Wildman–Crippen LogP) is 4.45. The SMILES string of the molecule is Cc1cnc(NC2CCC(NC(=O)c3cc(F)c(F)c(F)c3)CC2)cc1N(C)C.Cl. The fraction of sp³-hybridized carbons (Fsp3) is 0.429. The molecule has 1 aromatic carbocycles. The van der Waals surface area contributed by atoms with E-state index in [0.29, 0.717) is 12.1 Å². The van der Waals surface area contributed by atoms with E-state index in [2.05, 4.69) is 15.6 Å². The summed E-state index contributed by atoms with van der Waals surface area (Å²) in [7, 11) is 3.97. The van der Waals surface area contributed by atoms with Crippen molar-refractivity contribution in [3.05, 3.63) is 53.0 Å². The first-order valence-electron chi connectivity index (χ1n) is 9.60. The molecule has 0 radical (unpaired) electrons. The minimum atomic E-state index is -1.57. The van der Waals surface area contributed by atoms with Crippen molar-refractivity contribution in [2.75, 3.05) is 24.3 Å². The molecule has 2 aromatic rings. The summed E-state index contributed by atoms with van der Waals surface area (Å²) in [6.07, 6.45) is 4.93. The standard InChI is InChI=1S/C21H25F3N4O.ClH/c1-12-11-25-19(10-18(12)28(2)3)26-14-4-6-15(7-5-14)27-21(29)13-8-16(22)20(24)17(23)9-13;/h8-11,14-15H,4-7H2,1-3H3,(H,25,26)(H,27,29);1H. The molecular weight excluding hydrogens is 417 g/mol. The largest absolute Gasteiger partial charge is 0.377 e. The van der Waals surface area contributed by atoms with Crippen molar-refractivity contribution in [2.45, 2.75) is 44.7 Å². The fourth-order valence-electron chi connectivity index (χ4n) is 3.62. The number of nitrogens with zero attached hydrogens (tertiary/aromatic N) is 2. The first-order valence-corrected chi connectivity index (χ1v) is 9.60. The molecule has 2 N–H and O–H groups in total. The number of anilines is 2. The van der Waals surface area contributed by atoms with Gasteiger partial charge >= 0.3 is 0 Å². The van der Waals surface area contributed by atoms with Crippen molar-refractivity contribution in [1.29, 1.82) is 0 Å². The molecule has 0 saturated heterocycles. The van der Waals surface area contributed by atoms with Gasteiger partial charge in [-0.2, -0.15) is 0 Å². The average Bonchev–Trinajstić information content (AvgIpc) is 2.68. The Hall–Kier alpha value is -2.48. The Bertz CT molecular complexity index is 879. The number of nitrogens with one attached hydrogen (secondary N) is 2. The van der Waals surface area contributed by atoms with Crippen molar-refractivity contribution in [1.82, 2.24) is 10.3 Å².